The highest BCUT2D eigenvalue weighted by Crippen LogP contribution is 2.20. The summed E-state index contributed by atoms with van der Waals surface area (Å²) in [5.41, 5.74) is -2.93. The number of carbonyl (C=O) groups excluding carboxylic acids is 2. The lowest BCUT2D eigenvalue weighted by Gasteiger charge is -2.28. The van der Waals surface area contributed by atoms with Crippen molar-refractivity contribution in [1.29, 1.82) is 0 Å². The third-order valence-corrected chi connectivity index (χ3v) is 5.36. The fourth-order valence-electron chi connectivity index (χ4n) is 3.12. The summed E-state index contributed by atoms with van der Waals surface area (Å²) in [4.78, 5) is 35.4. The van der Waals surface area contributed by atoms with Crippen LogP contribution >= 0.6 is 0 Å². The second-order valence-corrected chi connectivity index (χ2v) is 8.49. The summed E-state index contributed by atoms with van der Waals surface area (Å²) in [6.45, 7) is 1.16. The van der Waals surface area contributed by atoms with Gasteiger partial charge in [-0.15, -0.1) is 0 Å². The van der Waals surface area contributed by atoms with Gasteiger partial charge in [0.15, 0.2) is 5.60 Å². The van der Waals surface area contributed by atoms with Crippen molar-refractivity contribution in [2.24, 2.45) is 0 Å². The number of carboxylic acid groups (broad SMARTS) is 1. The largest absolute Gasteiger partial charge is 0.479 e. The molecule has 0 spiro atoms. The number of carboxylic acids is 1. The molecule has 0 aromatic carbocycles. The van der Waals surface area contributed by atoms with Crippen molar-refractivity contribution in [2.45, 2.75) is 107 Å². The fourth-order valence-corrected chi connectivity index (χ4v) is 3.12. The van der Waals surface area contributed by atoms with Crippen LogP contribution < -0.4 is 0 Å². The second-order valence-electron chi connectivity index (χ2n) is 8.49. The third kappa shape index (κ3) is 13.1. The Balaban J connectivity index is 4.59. The van der Waals surface area contributed by atoms with Crippen LogP contribution in [0.5, 0.6) is 0 Å². The first-order chi connectivity index (χ1) is 16.4. The first kappa shape index (κ1) is 33.1. The number of unbranched alkanes of at least 4 members (excludes halogenated alkanes) is 7. The molecule has 8 N–H and O–H groups in total. The van der Waals surface area contributed by atoms with Crippen molar-refractivity contribution in [2.75, 3.05) is 13.2 Å². The highest BCUT2D eigenvalue weighted by atomic mass is 16.6. The molecule has 35 heavy (non-hydrogen) atoms. The van der Waals surface area contributed by atoms with E-state index in [2.05, 4.69) is 11.7 Å². The van der Waals surface area contributed by atoms with Gasteiger partial charge in [0.05, 0.1) is 26.1 Å². The van der Waals surface area contributed by atoms with Crippen LogP contribution in [0.3, 0.4) is 0 Å². The minimum atomic E-state index is -2.93. The summed E-state index contributed by atoms with van der Waals surface area (Å²) in [7, 11) is 0. The van der Waals surface area contributed by atoms with Crippen LogP contribution in [0.1, 0.15) is 71.1 Å². The van der Waals surface area contributed by atoms with Crippen molar-refractivity contribution < 1.29 is 64.7 Å². The summed E-state index contributed by atoms with van der Waals surface area (Å²) >= 11 is 0. The highest BCUT2D eigenvalue weighted by molar-refractivity contribution is 5.89. The van der Waals surface area contributed by atoms with Crippen molar-refractivity contribution in [3.8, 4) is 0 Å². The number of carbonyl (C=O) groups is 3. The Morgan fingerprint density at radius 2 is 1.29 bits per heavy atom. The van der Waals surface area contributed by atoms with E-state index in [1.165, 1.54) is 12.8 Å². The van der Waals surface area contributed by atoms with E-state index in [0.29, 0.717) is 6.42 Å². The SMILES string of the molecule is CCCCCCCCCCOC(=O)CC(O)(CC(=O)OC(O)[C@H](O)[C@@H](O)[C@H](O)[C@H](O)CO)C(=O)O. The normalized spacial score (nSPS) is 17.5. The standard InChI is InChI=1S/C22H40O13/c1-2-3-4-5-6-7-8-9-10-34-15(25)11-22(33,21(31)32)12-16(26)35-20(30)19(29)18(28)17(27)14(24)13-23/h14,17-20,23-24,27-30,33H,2-13H2,1H3,(H,31,32)/t14-,17-,18+,19-,20?,22?/m1/s1. The Bertz CT molecular complexity index is 628. The van der Waals surface area contributed by atoms with Crippen LogP contribution in [-0.2, 0) is 23.9 Å². The fraction of sp³-hybridized carbons (Fsp3) is 0.864. The Kier molecular flexibility index (Phi) is 16.6. The van der Waals surface area contributed by atoms with Gasteiger partial charge in [0.2, 0.25) is 6.29 Å². The average Bonchev–Trinajstić information content (AvgIpc) is 2.80. The van der Waals surface area contributed by atoms with Crippen LogP contribution in [0.15, 0.2) is 0 Å². The number of aliphatic hydroxyl groups excluding tert-OH is 6. The molecule has 0 aliphatic heterocycles. The van der Waals surface area contributed by atoms with E-state index < -0.39 is 73.7 Å². The summed E-state index contributed by atoms with van der Waals surface area (Å²) in [5, 5.41) is 76.1. The maximum absolute atomic E-state index is 12.0. The van der Waals surface area contributed by atoms with E-state index in [4.69, 9.17) is 9.84 Å². The molecule has 0 saturated carbocycles. The van der Waals surface area contributed by atoms with Gasteiger partial charge < -0.3 is 50.3 Å². The molecule has 0 aliphatic carbocycles. The number of esters is 2. The van der Waals surface area contributed by atoms with E-state index in [-0.39, 0.29) is 6.61 Å². The van der Waals surface area contributed by atoms with Gasteiger partial charge in [0.25, 0.3) is 0 Å². The quantitative estimate of drug-likeness (QED) is 0.0531. The summed E-state index contributed by atoms with van der Waals surface area (Å²) in [6, 6.07) is 0. The number of ether oxygens (including phenoxy) is 2. The zero-order chi connectivity index (χ0) is 27.0. The van der Waals surface area contributed by atoms with Crippen molar-refractivity contribution in [3.63, 3.8) is 0 Å². The molecule has 0 radical (unpaired) electrons. The first-order valence-electron chi connectivity index (χ1n) is 11.7. The molecule has 0 rings (SSSR count). The molecule has 13 heteroatoms. The Hall–Kier alpha value is -1.87. The first-order valence-corrected chi connectivity index (χ1v) is 11.7. The molecule has 13 nitrogen and oxygen atoms in total. The molecule has 0 aromatic rings. The van der Waals surface area contributed by atoms with Gasteiger partial charge in [-0.2, -0.15) is 0 Å². The van der Waals surface area contributed by atoms with Crippen molar-refractivity contribution in [3.05, 3.63) is 0 Å². The van der Waals surface area contributed by atoms with E-state index >= 15 is 0 Å². The van der Waals surface area contributed by atoms with Gasteiger partial charge >= 0.3 is 17.9 Å². The summed E-state index contributed by atoms with van der Waals surface area (Å²) in [5.74, 6) is -4.56. The van der Waals surface area contributed by atoms with Gasteiger partial charge in [0.1, 0.15) is 24.4 Å². The molecule has 2 unspecified atom stereocenters. The zero-order valence-corrected chi connectivity index (χ0v) is 20.0. The molecule has 0 heterocycles. The molecule has 0 amide bonds. The lowest BCUT2D eigenvalue weighted by molar-refractivity contribution is -0.217. The van der Waals surface area contributed by atoms with Crippen molar-refractivity contribution >= 4 is 17.9 Å². The average molecular weight is 513 g/mol. The maximum Gasteiger partial charge on any atom is 0.336 e. The van der Waals surface area contributed by atoms with Gasteiger partial charge in [-0.05, 0) is 6.42 Å². The lowest BCUT2D eigenvalue weighted by atomic mass is 9.96. The van der Waals surface area contributed by atoms with E-state index in [1.807, 2.05) is 0 Å². The maximum atomic E-state index is 12.0. The number of hydrogen-bond acceptors (Lipinski definition) is 12. The molecule has 0 aliphatic rings. The highest BCUT2D eigenvalue weighted by Gasteiger charge is 2.43. The number of hydrogen-bond donors (Lipinski definition) is 8. The molecule has 0 bridgehead atoms. The van der Waals surface area contributed by atoms with Crippen LogP contribution in [0.2, 0.25) is 0 Å². The number of rotatable bonds is 20. The predicted octanol–water partition coefficient (Wildman–Crippen LogP) is -1.44. The molecular weight excluding hydrogens is 472 g/mol. The topological polar surface area (TPSA) is 232 Å². The Labute approximate surface area is 203 Å². The summed E-state index contributed by atoms with van der Waals surface area (Å²) in [6.07, 6.45) is -5.46. The van der Waals surface area contributed by atoms with Crippen LogP contribution in [0.4, 0.5) is 0 Å². The molecule has 0 saturated heterocycles. The molecule has 0 fully saturated rings. The Morgan fingerprint density at radius 3 is 1.80 bits per heavy atom. The van der Waals surface area contributed by atoms with Gasteiger partial charge in [-0.3, -0.25) is 9.59 Å². The van der Waals surface area contributed by atoms with Crippen LogP contribution in [-0.4, -0.2) is 108 Å². The lowest BCUT2D eigenvalue weighted by Crippen LogP contribution is -2.51. The van der Waals surface area contributed by atoms with Gasteiger partial charge in [-0.25, -0.2) is 4.79 Å². The predicted molar refractivity (Wildman–Crippen MR) is 119 cm³/mol. The minimum absolute atomic E-state index is 0.0127. The van der Waals surface area contributed by atoms with Crippen LogP contribution in [0.25, 0.3) is 0 Å². The summed E-state index contributed by atoms with van der Waals surface area (Å²) < 4.78 is 9.28. The molecule has 0 aromatic heterocycles. The minimum Gasteiger partial charge on any atom is -0.479 e. The van der Waals surface area contributed by atoms with Crippen molar-refractivity contribution in [1.82, 2.24) is 0 Å². The van der Waals surface area contributed by atoms with E-state index in [1.54, 1.807) is 0 Å². The second kappa shape index (κ2) is 17.5. The monoisotopic (exact) mass is 512 g/mol. The number of aliphatic carboxylic acids is 1. The molecule has 6 atom stereocenters. The molecule has 206 valence electrons. The van der Waals surface area contributed by atoms with E-state index in [0.717, 1.165) is 32.1 Å². The smallest absolute Gasteiger partial charge is 0.336 e. The van der Waals surface area contributed by atoms with Gasteiger partial charge in [0, 0.05) is 0 Å². The number of aliphatic hydroxyl groups is 7. The van der Waals surface area contributed by atoms with E-state index in [9.17, 15) is 50.1 Å². The molecular formula is C22H40O13. The van der Waals surface area contributed by atoms with Crippen LogP contribution in [0, 0.1) is 0 Å². The zero-order valence-electron chi connectivity index (χ0n) is 20.0. The third-order valence-electron chi connectivity index (χ3n) is 5.36. The Morgan fingerprint density at radius 1 is 0.771 bits per heavy atom. The van der Waals surface area contributed by atoms with Gasteiger partial charge in [-0.1, -0.05) is 51.9 Å².